The fraction of sp³-hybridized carbons (Fsp3) is 0.733. The van der Waals surface area contributed by atoms with Crippen molar-refractivity contribution < 1.29 is 23.1 Å². The Balaban J connectivity index is 1.97. The van der Waals surface area contributed by atoms with E-state index in [1.165, 1.54) is 19.4 Å². The number of halogens is 3. The van der Waals surface area contributed by atoms with E-state index in [0.29, 0.717) is 19.0 Å². The summed E-state index contributed by atoms with van der Waals surface area (Å²) in [5.41, 5.74) is -3.10. The van der Waals surface area contributed by atoms with Crippen molar-refractivity contribution in [2.45, 2.75) is 38.0 Å². The second-order valence-corrected chi connectivity index (χ2v) is 6.37. The van der Waals surface area contributed by atoms with Crippen LogP contribution in [0.5, 0.6) is 0 Å². The van der Waals surface area contributed by atoms with Crippen molar-refractivity contribution in [1.29, 1.82) is 0 Å². The molecule has 0 radical (unpaired) electrons. The van der Waals surface area contributed by atoms with Crippen LogP contribution in [-0.2, 0) is 12.6 Å². The SMILES string of the molecule is CC1CCN(C(=O)NCC[C@@](O)(c2nccn2C)C(F)(F)F)CC1. The Kier molecular flexibility index (Phi) is 5.42. The number of piperidine rings is 1. The van der Waals surface area contributed by atoms with E-state index in [4.69, 9.17) is 0 Å². The third-order valence-electron chi connectivity index (χ3n) is 4.49. The summed E-state index contributed by atoms with van der Waals surface area (Å²) < 4.78 is 41.2. The molecule has 1 fully saturated rings. The van der Waals surface area contributed by atoms with Gasteiger partial charge in [0.1, 0.15) is 5.82 Å². The highest BCUT2D eigenvalue weighted by Crippen LogP contribution is 2.40. The molecule has 6 nitrogen and oxygen atoms in total. The molecule has 0 unspecified atom stereocenters. The van der Waals surface area contributed by atoms with Crippen molar-refractivity contribution in [2.75, 3.05) is 19.6 Å². The monoisotopic (exact) mass is 348 g/mol. The number of rotatable bonds is 4. The highest BCUT2D eigenvalue weighted by Gasteiger charge is 2.57. The second-order valence-electron chi connectivity index (χ2n) is 6.37. The standard InChI is InChI=1S/C15H23F3N4O2/c1-11-3-8-22(9-4-11)13(23)20-6-5-14(24,15(16,17)18)12-19-7-10-21(12)2/h7,10-11,24H,3-6,8-9H2,1-2H3,(H,20,23)/t14-/m1/s1. The zero-order valence-corrected chi connectivity index (χ0v) is 13.8. The molecule has 2 rings (SSSR count). The van der Waals surface area contributed by atoms with E-state index in [0.717, 1.165) is 17.4 Å². The Bertz CT molecular complexity index is 567. The minimum absolute atomic E-state index is 0.298. The molecule has 1 saturated heterocycles. The number of nitrogens with zero attached hydrogens (tertiary/aromatic N) is 3. The Morgan fingerprint density at radius 2 is 2.04 bits per heavy atom. The Hall–Kier alpha value is -1.77. The molecule has 2 N–H and O–H groups in total. The first-order chi connectivity index (χ1) is 11.1. The normalized spacial score (nSPS) is 19.2. The van der Waals surface area contributed by atoms with E-state index in [2.05, 4.69) is 17.2 Å². The van der Waals surface area contributed by atoms with Crippen LogP contribution in [0.4, 0.5) is 18.0 Å². The smallest absolute Gasteiger partial charge is 0.374 e. The number of aliphatic hydroxyl groups is 1. The minimum atomic E-state index is -4.89. The molecule has 1 atom stereocenters. The fourth-order valence-electron chi connectivity index (χ4n) is 2.82. The van der Waals surface area contributed by atoms with Crippen LogP contribution < -0.4 is 5.32 Å². The average molecular weight is 348 g/mol. The number of carbonyl (C=O) groups excluding carboxylic acids is 1. The second kappa shape index (κ2) is 7.00. The van der Waals surface area contributed by atoms with Crippen LogP contribution in [0.3, 0.4) is 0 Å². The van der Waals surface area contributed by atoms with Gasteiger partial charge in [0, 0.05) is 45.5 Å². The number of urea groups is 1. The maximum atomic E-state index is 13.3. The Morgan fingerprint density at radius 3 is 2.54 bits per heavy atom. The van der Waals surface area contributed by atoms with E-state index in [1.54, 1.807) is 4.90 Å². The van der Waals surface area contributed by atoms with E-state index in [9.17, 15) is 23.1 Å². The van der Waals surface area contributed by atoms with Gasteiger partial charge in [0.25, 0.3) is 0 Å². The van der Waals surface area contributed by atoms with Gasteiger partial charge in [-0.15, -0.1) is 0 Å². The molecule has 1 aromatic rings. The molecule has 0 aromatic carbocycles. The molecular weight excluding hydrogens is 325 g/mol. The molecular formula is C15H23F3N4O2. The van der Waals surface area contributed by atoms with Gasteiger partial charge in [0.2, 0.25) is 5.60 Å². The lowest BCUT2D eigenvalue weighted by Crippen LogP contribution is -2.49. The largest absolute Gasteiger partial charge is 0.424 e. The van der Waals surface area contributed by atoms with Crippen molar-refractivity contribution >= 4 is 6.03 Å². The summed E-state index contributed by atoms with van der Waals surface area (Å²) in [4.78, 5) is 17.2. The molecule has 2 heterocycles. The van der Waals surface area contributed by atoms with Crippen molar-refractivity contribution in [3.05, 3.63) is 18.2 Å². The topological polar surface area (TPSA) is 70.4 Å². The fourth-order valence-corrected chi connectivity index (χ4v) is 2.82. The van der Waals surface area contributed by atoms with Crippen molar-refractivity contribution in [3.8, 4) is 0 Å². The summed E-state index contributed by atoms with van der Waals surface area (Å²) in [6, 6.07) is -0.397. The van der Waals surface area contributed by atoms with Gasteiger partial charge in [-0.25, -0.2) is 9.78 Å². The average Bonchev–Trinajstić information content (AvgIpc) is 2.93. The summed E-state index contributed by atoms with van der Waals surface area (Å²) >= 11 is 0. The molecule has 136 valence electrons. The summed E-state index contributed by atoms with van der Waals surface area (Å²) in [7, 11) is 1.38. The molecule has 0 spiro atoms. The predicted octanol–water partition coefficient (Wildman–Crippen LogP) is 2.00. The van der Waals surface area contributed by atoms with Gasteiger partial charge in [0.15, 0.2) is 0 Å². The molecule has 24 heavy (non-hydrogen) atoms. The summed E-state index contributed by atoms with van der Waals surface area (Å²) in [5.74, 6) is 0.0591. The molecule has 0 saturated carbocycles. The molecule has 0 bridgehead atoms. The zero-order chi connectivity index (χ0) is 18.0. The molecule has 9 heteroatoms. The summed E-state index contributed by atoms with van der Waals surface area (Å²) in [6.45, 7) is 2.99. The first-order valence-corrected chi connectivity index (χ1v) is 7.95. The number of likely N-dealkylation sites (tertiary alicyclic amines) is 1. The van der Waals surface area contributed by atoms with Crippen LogP contribution in [0.1, 0.15) is 32.0 Å². The number of imidazole rings is 1. The lowest BCUT2D eigenvalue weighted by Gasteiger charge is -2.32. The highest BCUT2D eigenvalue weighted by atomic mass is 19.4. The molecule has 1 aromatic heterocycles. The Morgan fingerprint density at radius 1 is 1.42 bits per heavy atom. The minimum Gasteiger partial charge on any atom is -0.374 e. The van der Waals surface area contributed by atoms with E-state index >= 15 is 0 Å². The summed E-state index contributed by atoms with van der Waals surface area (Å²) in [6.07, 6.45) is -1.30. The van der Waals surface area contributed by atoms with Gasteiger partial charge in [-0.1, -0.05) is 6.92 Å². The van der Waals surface area contributed by atoms with Crippen LogP contribution in [0.15, 0.2) is 12.4 Å². The Labute approximate surface area is 138 Å². The number of aromatic nitrogens is 2. The quantitative estimate of drug-likeness (QED) is 0.874. The van der Waals surface area contributed by atoms with E-state index in [-0.39, 0.29) is 6.54 Å². The van der Waals surface area contributed by atoms with Gasteiger partial charge in [-0.05, 0) is 18.8 Å². The van der Waals surface area contributed by atoms with Crippen LogP contribution in [-0.4, -0.2) is 51.4 Å². The molecule has 0 aliphatic carbocycles. The maximum Gasteiger partial charge on any atom is 0.424 e. The van der Waals surface area contributed by atoms with Crippen LogP contribution in [0.2, 0.25) is 0 Å². The van der Waals surface area contributed by atoms with Gasteiger partial charge in [-0.2, -0.15) is 13.2 Å². The van der Waals surface area contributed by atoms with Crippen LogP contribution in [0.25, 0.3) is 0 Å². The number of aryl methyl sites for hydroxylation is 1. The molecule has 1 aliphatic heterocycles. The van der Waals surface area contributed by atoms with E-state index in [1.807, 2.05) is 0 Å². The number of amides is 2. The van der Waals surface area contributed by atoms with Crippen molar-refractivity contribution in [2.24, 2.45) is 13.0 Å². The number of nitrogens with one attached hydrogen (secondary N) is 1. The van der Waals surface area contributed by atoms with Gasteiger partial charge >= 0.3 is 12.2 Å². The highest BCUT2D eigenvalue weighted by molar-refractivity contribution is 5.74. The molecule has 1 aliphatic rings. The van der Waals surface area contributed by atoms with Crippen LogP contribution in [0, 0.1) is 5.92 Å². The molecule has 2 amide bonds. The lowest BCUT2D eigenvalue weighted by atomic mass is 9.97. The van der Waals surface area contributed by atoms with Crippen LogP contribution >= 0.6 is 0 Å². The number of carbonyl (C=O) groups is 1. The van der Waals surface area contributed by atoms with Gasteiger partial charge < -0.3 is 19.9 Å². The predicted molar refractivity (Wildman–Crippen MR) is 81.1 cm³/mol. The summed E-state index contributed by atoms with van der Waals surface area (Å²) in [5, 5.41) is 12.6. The third kappa shape index (κ3) is 3.82. The van der Waals surface area contributed by atoms with Gasteiger partial charge in [-0.3, -0.25) is 0 Å². The van der Waals surface area contributed by atoms with Gasteiger partial charge in [0.05, 0.1) is 0 Å². The zero-order valence-electron chi connectivity index (χ0n) is 13.8. The first-order valence-electron chi connectivity index (χ1n) is 7.95. The number of alkyl halides is 3. The number of hydrogen-bond donors (Lipinski definition) is 2. The first kappa shape index (κ1) is 18.6. The lowest BCUT2D eigenvalue weighted by molar-refractivity contribution is -0.272. The third-order valence-corrected chi connectivity index (χ3v) is 4.49. The van der Waals surface area contributed by atoms with Crippen molar-refractivity contribution in [1.82, 2.24) is 19.8 Å². The number of hydrogen-bond acceptors (Lipinski definition) is 3. The van der Waals surface area contributed by atoms with E-state index < -0.39 is 30.1 Å². The van der Waals surface area contributed by atoms with Crippen molar-refractivity contribution in [3.63, 3.8) is 0 Å². The maximum absolute atomic E-state index is 13.3.